The van der Waals surface area contributed by atoms with E-state index in [2.05, 4.69) is 5.32 Å². The highest BCUT2D eigenvalue weighted by atomic mass is 19.1. The zero-order valence-electron chi connectivity index (χ0n) is 13.2. The Morgan fingerprint density at radius 1 is 1.05 bits per heavy atom. The molecule has 0 saturated heterocycles. The Balaban J connectivity index is 2.12. The lowest BCUT2D eigenvalue weighted by Crippen LogP contribution is -2.20. The Labute approximate surface area is 131 Å². The van der Waals surface area contributed by atoms with Crippen LogP contribution in [0.15, 0.2) is 42.5 Å². The van der Waals surface area contributed by atoms with Crippen LogP contribution in [0.25, 0.3) is 0 Å². The molecule has 4 heteroatoms. The highest BCUT2D eigenvalue weighted by Gasteiger charge is 2.16. The second-order valence-electron chi connectivity index (χ2n) is 5.16. The number of nitrogens with one attached hydrogen (secondary N) is 1. The van der Waals surface area contributed by atoms with E-state index in [-0.39, 0.29) is 11.9 Å². The van der Waals surface area contributed by atoms with Crippen LogP contribution in [0.5, 0.6) is 5.75 Å². The van der Waals surface area contributed by atoms with Crippen molar-refractivity contribution in [3.63, 3.8) is 0 Å². The number of methoxy groups -OCH3 is 2. The number of hydrogen-bond donors (Lipinski definition) is 1. The molecular weight excluding hydrogens is 281 g/mol. The van der Waals surface area contributed by atoms with Crippen molar-refractivity contribution in [1.29, 1.82) is 0 Å². The average Bonchev–Trinajstić information content (AvgIpc) is 2.53. The number of halogens is 1. The van der Waals surface area contributed by atoms with Gasteiger partial charge >= 0.3 is 0 Å². The van der Waals surface area contributed by atoms with Crippen molar-refractivity contribution >= 4 is 0 Å². The Morgan fingerprint density at radius 2 is 1.77 bits per heavy atom. The van der Waals surface area contributed by atoms with Gasteiger partial charge in [-0.15, -0.1) is 0 Å². The van der Waals surface area contributed by atoms with Gasteiger partial charge < -0.3 is 14.8 Å². The molecule has 0 amide bonds. The first-order valence-electron chi connectivity index (χ1n) is 7.29. The van der Waals surface area contributed by atoms with Crippen LogP contribution in [0.1, 0.15) is 29.7 Å². The van der Waals surface area contributed by atoms with E-state index in [1.807, 2.05) is 31.2 Å². The van der Waals surface area contributed by atoms with Crippen LogP contribution < -0.4 is 10.1 Å². The molecule has 0 spiro atoms. The van der Waals surface area contributed by atoms with Gasteiger partial charge in [0.2, 0.25) is 0 Å². The quantitative estimate of drug-likeness (QED) is 0.843. The van der Waals surface area contributed by atoms with Crippen molar-refractivity contribution in [2.75, 3.05) is 14.2 Å². The van der Waals surface area contributed by atoms with Crippen molar-refractivity contribution < 1.29 is 13.9 Å². The average molecular weight is 303 g/mol. The number of benzene rings is 2. The summed E-state index contributed by atoms with van der Waals surface area (Å²) < 4.78 is 24.5. The molecule has 0 aliphatic rings. The lowest BCUT2D eigenvalue weighted by Gasteiger charge is -2.19. The maximum absolute atomic E-state index is 14.1. The van der Waals surface area contributed by atoms with Crippen LogP contribution in [0.3, 0.4) is 0 Å². The first-order valence-corrected chi connectivity index (χ1v) is 7.29. The summed E-state index contributed by atoms with van der Waals surface area (Å²) in [4.78, 5) is 0. The summed E-state index contributed by atoms with van der Waals surface area (Å²) in [6, 6.07) is 12.8. The summed E-state index contributed by atoms with van der Waals surface area (Å²) in [7, 11) is 3.23. The van der Waals surface area contributed by atoms with Crippen molar-refractivity contribution in [3.05, 3.63) is 65.0 Å². The Hall–Kier alpha value is -1.91. The number of rotatable bonds is 7. The van der Waals surface area contributed by atoms with Gasteiger partial charge in [0.25, 0.3) is 0 Å². The predicted octanol–water partition coefficient (Wildman–Crippen LogP) is 3.83. The van der Waals surface area contributed by atoms with Crippen molar-refractivity contribution in [3.8, 4) is 5.75 Å². The van der Waals surface area contributed by atoms with E-state index in [0.29, 0.717) is 24.5 Å². The summed E-state index contributed by atoms with van der Waals surface area (Å²) in [5.74, 6) is 0.301. The summed E-state index contributed by atoms with van der Waals surface area (Å²) in [5, 5.41) is 3.35. The minimum absolute atomic E-state index is 0.160. The number of ether oxygens (including phenoxy) is 2. The van der Waals surface area contributed by atoms with Gasteiger partial charge in [-0.2, -0.15) is 0 Å². The Bertz CT molecular complexity index is 616. The molecule has 0 saturated carbocycles. The standard InChI is InChI=1S/C18H22FNO2/c1-13(18-16(19)9-6-10-17(18)22-3)20-11-14-7-4-5-8-15(14)12-21-2/h4-10,13,20H,11-12H2,1-3H3. The molecule has 0 radical (unpaired) electrons. The van der Waals surface area contributed by atoms with Crippen LogP contribution in [-0.2, 0) is 17.9 Å². The van der Waals surface area contributed by atoms with Crippen LogP contribution in [0, 0.1) is 5.82 Å². The molecule has 0 fully saturated rings. The normalized spacial score (nSPS) is 12.2. The molecule has 22 heavy (non-hydrogen) atoms. The van der Waals surface area contributed by atoms with Crippen LogP contribution in [0.4, 0.5) is 4.39 Å². The van der Waals surface area contributed by atoms with Gasteiger partial charge in [0.15, 0.2) is 0 Å². The van der Waals surface area contributed by atoms with E-state index < -0.39 is 0 Å². The third-order valence-electron chi connectivity index (χ3n) is 3.68. The van der Waals surface area contributed by atoms with Gasteiger partial charge in [-0.1, -0.05) is 30.3 Å². The topological polar surface area (TPSA) is 30.5 Å². The maximum atomic E-state index is 14.1. The van der Waals surface area contributed by atoms with Crippen molar-refractivity contribution in [1.82, 2.24) is 5.32 Å². The van der Waals surface area contributed by atoms with E-state index in [9.17, 15) is 4.39 Å². The second-order valence-corrected chi connectivity index (χ2v) is 5.16. The van der Waals surface area contributed by atoms with Gasteiger partial charge in [0.1, 0.15) is 11.6 Å². The highest BCUT2D eigenvalue weighted by molar-refractivity contribution is 5.37. The molecule has 2 rings (SSSR count). The summed E-state index contributed by atoms with van der Waals surface area (Å²) >= 11 is 0. The van der Waals surface area contributed by atoms with E-state index in [1.54, 1.807) is 26.4 Å². The predicted molar refractivity (Wildman–Crippen MR) is 85.4 cm³/mol. The van der Waals surface area contributed by atoms with Crippen molar-refractivity contribution in [2.45, 2.75) is 26.1 Å². The fraction of sp³-hybridized carbons (Fsp3) is 0.333. The fourth-order valence-corrected chi connectivity index (χ4v) is 2.51. The zero-order chi connectivity index (χ0) is 15.9. The van der Waals surface area contributed by atoms with Gasteiger partial charge in [-0.3, -0.25) is 0 Å². The minimum Gasteiger partial charge on any atom is -0.496 e. The zero-order valence-corrected chi connectivity index (χ0v) is 13.2. The molecule has 0 bridgehead atoms. The van der Waals surface area contributed by atoms with Gasteiger partial charge in [-0.05, 0) is 30.2 Å². The van der Waals surface area contributed by atoms with Gasteiger partial charge in [0, 0.05) is 25.3 Å². The van der Waals surface area contributed by atoms with E-state index in [1.165, 1.54) is 6.07 Å². The molecule has 3 nitrogen and oxygen atoms in total. The van der Waals surface area contributed by atoms with Crippen LogP contribution in [-0.4, -0.2) is 14.2 Å². The molecule has 0 aliphatic carbocycles. The lowest BCUT2D eigenvalue weighted by molar-refractivity contribution is 0.184. The molecule has 0 aliphatic heterocycles. The minimum atomic E-state index is -0.260. The molecule has 1 atom stereocenters. The van der Waals surface area contributed by atoms with Crippen molar-refractivity contribution in [2.24, 2.45) is 0 Å². The molecule has 2 aromatic rings. The number of hydrogen-bond acceptors (Lipinski definition) is 3. The smallest absolute Gasteiger partial charge is 0.131 e. The van der Waals surface area contributed by atoms with Gasteiger partial charge in [0.05, 0.1) is 13.7 Å². The maximum Gasteiger partial charge on any atom is 0.131 e. The lowest BCUT2D eigenvalue weighted by atomic mass is 10.0. The molecule has 1 N–H and O–H groups in total. The van der Waals surface area contributed by atoms with E-state index in [4.69, 9.17) is 9.47 Å². The molecular formula is C18H22FNO2. The summed E-state index contributed by atoms with van der Waals surface area (Å²) in [6.45, 7) is 3.13. The Morgan fingerprint density at radius 3 is 2.45 bits per heavy atom. The van der Waals surface area contributed by atoms with Crippen LogP contribution in [0.2, 0.25) is 0 Å². The first kappa shape index (κ1) is 16.5. The van der Waals surface area contributed by atoms with E-state index >= 15 is 0 Å². The third kappa shape index (κ3) is 3.84. The molecule has 0 heterocycles. The van der Waals surface area contributed by atoms with Crippen LogP contribution >= 0.6 is 0 Å². The summed E-state index contributed by atoms with van der Waals surface area (Å²) in [5.41, 5.74) is 2.82. The fourth-order valence-electron chi connectivity index (χ4n) is 2.51. The second kappa shape index (κ2) is 7.92. The largest absolute Gasteiger partial charge is 0.496 e. The molecule has 1 unspecified atom stereocenters. The first-order chi connectivity index (χ1) is 10.7. The van der Waals surface area contributed by atoms with E-state index in [0.717, 1.165) is 11.1 Å². The third-order valence-corrected chi connectivity index (χ3v) is 3.68. The SMILES string of the molecule is COCc1ccccc1CNC(C)c1c(F)cccc1OC. The Kier molecular flexibility index (Phi) is 5.92. The highest BCUT2D eigenvalue weighted by Crippen LogP contribution is 2.28. The molecule has 0 aromatic heterocycles. The van der Waals surface area contributed by atoms with Gasteiger partial charge in [-0.25, -0.2) is 4.39 Å². The molecule has 2 aromatic carbocycles. The summed E-state index contributed by atoms with van der Waals surface area (Å²) in [6.07, 6.45) is 0. The monoisotopic (exact) mass is 303 g/mol. The molecule has 118 valence electrons.